The Hall–Kier alpha value is -4.39. The van der Waals surface area contributed by atoms with Crippen LogP contribution in [-0.2, 0) is 14.3 Å². The number of benzene rings is 3. The molecule has 2 aliphatic heterocycles. The minimum Gasteiger partial charge on any atom is -0.462 e. The molecule has 0 bridgehead atoms. The average molecular weight is 470 g/mol. The molecular formula is C28H22O7. The highest BCUT2D eigenvalue weighted by Gasteiger charge is 2.30. The summed E-state index contributed by atoms with van der Waals surface area (Å²) in [5, 5.41) is 0.715. The summed E-state index contributed by atoms with van der Waals surface area (Å²) in [6, 6.07) is 17.0. The van der Waals surface area contributed by atoms with Crippen molar-refractivity contribution in [2.45, 2.75) is 27.1 Å². The first-order valence-electron chi connectivity index (χ1n) is 11.2. The van der Waals surface area contributed by atoms with E-state index in [9.17, 15) is 14.4 Å². The third-order valence-corrected chi connectivity index (χ3v) is 6.06. The summed E-state index contributed by atoms with van der Waals surface area (Å²) in [5.41, 5.74) is 3.94. The summed E-state index contributed by atoms with van der Waals surface area (Å²) < 4.78 is 22.6. The first kappa shape index (κ1) is 22.4. The van der Waals surface area contributed by atoms with Crippen molar-refractivity contribution >= 4 is 22.9 Å². The van der Waals surface area contributed by atoms with E-state index in [4.69, 9.17) is 18.6 Å². The van der Waals surface area contributed by atoms with Crippen molar-refractivity contribution in [2.75, 3.05) is 6.61 Å². The average Bonchev–Trinajstić information content (AvgIpc) is 3.08. The molecule has 0 saturated carbocycles. The van der Waals surface area contributed by atoms with Gasteiger partial charge in [0.25, 0.3) is 6.29 Å². The Labute approximate surface area is 200 Å². The highest BCUT2D eigenvalue weighted by Crippen LogP contribution is 2.42. The zero-order valence-electron chi connectivity index (χ0n) is 19.4. The molecule has 5 rings (SSSR count). The first-order valence-corrected chi connectivity index (χ1v) is 11.2. The molecule has 0 aromatic heterocycles. The Kier molecular flexibility index (Phi) is 5.61. The van der Waals surface area contributed by atoms with Crippen LogP contribution >= 0.6 is 0 Å². The zero-order chi connectivity index (χ0) is 24.7. The van der Waals surface area contributed by atoms with Crippen LogP contribution in [0.15, 0.2) is 81.0 Å². The van der Waals surface area contributed by atoms with E-state index >= 15 is 0 Å². The van der Waals surface area contributed by atoms with Crippen molar-refractivity contribution in [1.82, 2.24) is 0 Å². The van der Waals surface area contributed by atoms with E-state index in [-0.39, 0.29) is 12.0 Å². The standard InChI is InChI=1S/C28H22O7/c1-4-32-27(31)20-8-6-5-7-19(20)25-21-11-9-17(29)13-23(21)34-24-14-18(10-12-22(24)25)33-28-16(3)15(2)26(30)35-28/h5-14,28H,4H2,1-3H3. The molecule has 1 atom stereocenters. The van der Waals surface area contributed by atoms with Crippen molar-refractivity contribution < 1.29 is 28.2 Å². The predicted octanol–water partition coefficient (Wildman–Crippen LogP) is 5.34. The van der Waals surface area contributed by atoms with Gasteiger partial charge in [-0.2, -0.15) is 0 Å². The molecule has 2 aromatic rings. The number of carbonyl (C=O) groups excluding carboxylic acids is 2. The van der Waals surface area contributed by atoms with E-state index < -0.39 is 18.2 Å². The molecule has 2 heterocycles. The molecular weight excluding hydrogens is 448 g/mol. The SMILES string of the molecule is CCOC(=O)c1ccccc1-c1c2ccc(=O)cc-2oc2cc(OC3OC(=O)C(C)=C3C)ccc12. The minimum absolute atomic E-state index is 0.202. The monoisotopic (exact) mass is 470 g/mol. The number of cyclic esters (lactones) is 1. The van der Waals surface area contributed by atoms with Crippen molar-refractivity contribution in [2.24, 2.45) is 0 Å². The molecule has 176 valence electrons. The van der Waals surface area contributed by atoms with E-state index in [1.54, 1.807) is 51.1 Å². The fraction of sp³-hybridized carbons (Fsp3) is 0.179. The van der Waals surface area contributed by atoms with Gasteiger partial charge in [-0.3, -0.25) is 4.79 Å². The van der Waals surface area contributed by atoms with Crippen LogP contribution in [0.5, 0.6) is 5.75 Å². The van der Waals surface area contributed by atoms with E-state index in [0.29, 0.717) is 50.3 Å². The lowest BCUT2D eigenvalue weighted by molar-refractivity contribution is -0.149. The van der Waals surface area contributed by atoms with Gasteiger partial charge < -0.3 is 18.6 Å². The van der Waals surface area contributed by atoms with E-state index in [2.05, 4.69) is 0 Å². The first-order chi connectivity index (χ1) is 16.9. The van der Waals surface area contributed by atoms with Crippen LogP contribution < -0.4 is 10.2 Å². The molecule has 0 radical (unpaired) electrons. The Balaban J connectivity index is 1.70. The van der Waals surface area contributed by atoms with Crippen LogP contribution in [0.1, 0.15) is 31.1 Å². The van der Waals surface area contributed by atoms with Gasteiger partial charge in [-0.25, -0.2) is 9.59 Å². The van der Waals surface area contributed by atoms with Gasteiger partial charge in [-0.15, -0.1) is 0 Å². The lowest BCUT2D eigenvalue weighted by Crippen LogP contribution is -2.18. The molecule has 7 nitrogen and oxygen atoms in total. The topological polar surface area (TPSA) is 92.0 Å². The summed E-state index contributed by atoms with van der Waals surface area (Å²) in [6.45, 7) is 5.48. The van der Waals surface area contributed by atoms with E-state index in [0.717, 1.165) is 5.56 Å². The number of hydrogen-bond acceptors (Lipinski definition) is 7. The Morgan fingerprint density at radius 1 is 0.971 bits per heavy atom. The maximum atomic E-state index is 12.7. The van der Waals surface area contributed by atoms with Crippen LogP contribution in [0.2, 0.25) is 0 Å². The summed E-state index contributed by atoms with van der Waals surface area (Å²) in [5.74, 6) is -0.0542. The fourth-order valence-electron chi connectivity index (χ4n) is 4.15. The van der Waals surface area contributed by atoms with Gasteiger partial charge in [0.2, 0.25) is 0 Å². The molecule has 0 N–H and O–H groups in total. The fourth-order valence-corrected chi connectivity index (χ4v) is 4.15. The van der Waals surface area contributed by atoms with Crippen LogP contribution in [0.4, 0.5) is 0 Å². The normalized spacial score (nSPS) is 15.5. The molecule has 2 aromatic carbocycles. The van der Waals surface area contributed by atoms with Gasteiger partial charge in [0.1, 0.15) is 17.1 Å². The van der Waals surface area contributed by atoms with Gasteiger partial charge >= 0.3 is 11.9 Å². The highest BCUT2D eigenvalue weighted by molar-refractivity contribution is 6.07. The third kappa shape index (κ3) is 3.95. The zero-order valence-corrected chi connectivity index (χ0v) is 19.4. The molecule has 0 saturated heterocycles. The number of ether oxygens (including phenoxy) is 3. The third-order valence-electron chi connectivity index (χ3n) is 6.06. The Morgan fingerprint density at radius 2 is 1.77 bits per heavy atom. The minimum atomic E-state index is -0.822. The lowest BCUT2D eigenvalue weighted by Gasteiger charge is -2.18. The van der Waals surface area contributed by atoms with Crippen LogP contribution in [-0.4, -0.2) is 24.8 Å². The highest BCUT2D eigenvalue weighted by atomic mass is 16.7. The van der Waals surface area contributed by atoms with Crippen molar-refractivity contribution in [3.05, 3.63) is 87.6 Å². The van der Waals surface area contributed by atoms with Gasteiger partial charge in [0.05, 0.1) is 12.2 Å². The summed E-state index contributed by atoms with van der Waals surface area (Å²) in [4.78, 5) is 36.7. The second-order valence-electron chi connectivity index (χ2n) is 8.22. The lowest BCUT2D eigenvalue weighted by atomic mass is 9.91. The number of hydrogen-bond donors (Lipinski definition) is 0. The second kappa shape index (κ2) is 8.76. The summed E-state index contributed by atoms with van der Waals surface area (Å²) in [6.07, 6.45) is -0.822. The molecule has 0 spiro atoms. The number of esters is 2. The van der Waals surface area contributed by atoms with Gasteiger partial charge in [-0.05, 0) is 56.7 Å². The predicted molar refractivity (Wildman–Crippen MR) is 129 cm³/mol. The van der Waals surface area contributed by atoms with Crippen molar-refractivity contribution in [3.8, 4) is 28.2 Å². The van der Waals surface area contributed by atoms with Crippen LogP contribution in [0.3, 0.4) is 0 Å². The smallest absolute Gasteiger partial charge is 0.338 e. The maximum Gasteiger partial charge on any atom is 0.338 e. The molecule has 0 fully saturated rings. The summed E-state index contributed by atoms with van der Waals surface area (Å²) in [7, 11) is 0. The molecule has 0 amide bonds. The number of fused-ring (bicyclic) bond motifs is 2. The number of rotatable bonds is 5. The van der Waals surface area contributed by atoms with E-state index in [1.165, 1.54) is 12.1 Å². The van der Waals surface area contributed by atoms with Gasteiger partial charge in [0.15, 0.2) is 5.43 Å². The molecule has 35 heavy (non-hydrogen) atoms. The van der Waals surface area contributed by atoms with Crippen molar-refractivity contribution in [3.63, 3.8) is 0 Å². The van der Waals surface area contributed by atoms with Crippen LogP contribution in [0, 0.1) is 0 Å². The maximum absolute atomic E-state index is 12.7. The largest absolute Gasteiger partial charge is 0.462 e. The van der Waals surface area contributed by atoms with E-state index in [1.807, 2.05) is 18.2 Å². The second-order valence-corrected chi connectivity index (χ2v) is 8.22. The Morgan fingerprint density at radius 3 is 2.51 bits per heavy atom. The quantitative estimate of drug-likeness (QED) is 0.287. The summed E-state index contributed by atoms with van der Waals surface area (Å²) >= 11 is 0. The molecule has 3 aliphatic rings. The van der Waals surface area contributed by atoms with Gasteiger partial charge in [-0.1, -0.05) is 18.2 Å². The Bertz CT molecular complexity index is 1540. The molecule has 1 unspecified atom stereocenters. The van der Waals surface area contributed by atoms with Gasteiger partial charge in [0, 0.05) is 39.8 Å². The number of carbonyl (C=O) groups is 2. The molecule has 1 aliphatic carbocycles. The van der Waals surface area contributed by atoms with Crippen LogP contribution in [0.25, 0.3) is 33.4 Å². The van der Waals surface area contributed by atoms with Crippen molar-refractivity contribution in [1.29, 1.82) is 0 Å². The molecule has 7 heteroatoms.